The van der Waals surface area contributed by atoms with Crippen LogP contribution in [0.1, 0.15) is 27.6 Å². The molecule has 0 radical (unpaired) electrons. The van der Waals surface area contributed by atoms with Crippen molar-refractivity contribution < 1.29 is 19.4 Å². The highest BCUT2D eigenvalue weighted by molar-refractivity contribution is 6.04. The van der Waals surface area contributed by atoms with E-state index in [9.17, 15) is 14.7 Å². The number of ether oxygens (including phenoxy) is 1. The second kappa shape index (κ2) is 7.46. The van der Waals surface area contributed by atoms with Gasteiger partial charge in [0.2, 0.25) is 5.91 Å². The summed E-state index contributed by atoms with van der Waals surface area (Å²) in [4.78, 5) is 23.5. The molecule has 0 saturated carbocycles. The minimum absolute atomic E-state index is 0.0210. The van der Waals surface area contributed by atoms with Crippen LogP contribution in [-0.4, -0.2) is 36.2 Å². The Bertz CT molecular complexity index is 756. The van der Waals surface area contributed by atoms with Gasteiger partial charge in [-0.3, -0.25) is 9.59 Å². The molecule has 0 unspecified atom stereocenters. The number of hydrogen-bond donors (Lipinski definition) is 3. The molecule has 25 heavy (non-hydrogen) atoms. The van der Waals surface area contributed by atoms with E-state index in [-0.39, 0.29) is 25.0 Å². The van der Waals surface area contributed by atoms with Gasteiger partial charge in [-0.1, -0.05) is 29.8 Å². The van der Waals surface area contributed by atoms with E-state index in [1.165, 1.54) is 0 Å². The zero-order valence-electron chi connectivity index (χ0n) is 13.9. The third kappa shape index (κ3) is 4.23. The minimum atomic E-state index is -0.869. The molecule has 3 N–H and O–H groups in total. The number of anilines is 1. The SMILES string of the molecule is Cc1ccc(C(=O)Nc2ccc([C@@H](O)[C@H]3COCC(=O)N3)cc2)cc1. The molecule has 2 aromatic rings. The van der Waals surface area contributed by atoms with Gasteiger partial charge >= 0.3 is 0 Å². The van der Waals surface area contributed by atoms with E-state index < -0.39 is 12.1 Å². The molecule has 6 nitrogen and oxygen atoms in total. The molecule has 0 aromatic heterocycles. The van der Waals surface area contributed by atoms with Gasteiger partial charge in [0.15, 0.2) is 0 Å². The lowest BCUT2D eigenvalue weighted by Crippen LogP contribution is -2.48. The fourth-order valence-corrected chi connectivity index (χ4v) is 2.64. The Morgan fingerprint density at radius 1 is 1.20 bits per heavy atom. The van der Waals surface area contributed by atoms with Gasteiger partial charge in [-0.15, -0.1) is 0 Å². The first-order chi connectivity index (χ1) is 12.0. The van der Waals surface area contributed by atoms with Gasteiger partial charge in [0.1, 0.15) is 12.7 Å². The molecule has 0 aliphatic carbocycles. The van der Waals surface area contributed by atoms with Crippen LogP contribution in [0.15, 0.2) is 48.5 Å². The Labute approximate surface area is 145 Å². The topological polar surface area (TPSA) is 87.7 Å². The van der Waals surface area contributed by atoms with E-state index in [1.54, 1.807) is 36.4 Å². The Kier molecular flexibility index (Phi) is 5.11. The first-order valence-electron chi connectivity index (χ1n) is 8.06. The van der Waals surface area contributed by atoms with Crippen LogP contribution in [0.4, 0.5) is 5.69 Å². The Morgan fingerprint density at radius 2 is 1.88 bits per heavy atom. The molecule has 1 aliphatic rings. The van der Waals surface area contributed by atoms with Crippen molar-refractivity contribution in [2.24, 2.45) is 0 Å². The minimum Gasteiger partial charge on any atom is -0.386 e. The molecule has 6 heteroatoms. The van der Waals surface area contributed by atoms with Crippen molar-refractivity contribution in [3.63, 3.8) is 0 Å². The van der Waals surface area contributed by atoms with Gasteiger partial charge in [0.25, 0.3) is 5.91 Å². The zero-order valence-corrected chi connectivity index (χ0v) is 13.9. The quantitative estimate of drug-likeness (QED) is 0.792. The molecule has 1 fully saturated rings. The standard InChI is InChI=1S/C19H20N2O4/c1-12-2-4-14(5-3-12)19(24)20-15-8-6-13(7-9-15)18(23)16-10-25-11-17(22)21-16/h2-9,16,18,23H,10-11H2,1H3,(H,20,24)(H,21,22)/t16-,18-/m1/s1. The second-order valence-electron chi connectivity index (χ2n) is 6.08. The first-order valence-corrected chi connectivity index (χ1v) is 8.06. The van der Waals surface area contributed by atoms with E-state index in [0.29, 0.717) is 16.8 Å². The van der Waals surface area contributed by atoms with Crippen LogP contribution in [0.5, 0.6) is 0 Å². The molecular formula is C19H20N2O4. The van der Waals surface area contributed by atoms with Crippen molar-refractivity contribution >= 4 is 17.5 Å². The molecule has 1 aliphatic heterocycles. The van der Waals surface area contributed by atoms with Crippen LogP contribution in [0, 0.1) is 6.92 Å². The summed E-state index contributed by atoms with van der Waals surface area (Å²) in [6, 6.07) is 13.7. The van der Waals surface area contributed by atoms with Crippen molar-refractivity contribution in [1.29, 1.82) is 0 Å². The lowest BCUT2D eigenvalue weighted by molar-refractivity contribution is -0.133. The molecule has 1 heterocycles. The highest BCUT2D eigenvalue weighted by atomic mass is 16.5. The molecule has 2 amide bonds. The van der Waals surface area contributed by atoms with Crippen molar-refractivity contribution in [3.8, 4) is 0 Å². The monoisotopic (exact) mass is 340 g/mol. The molecular weight excluding hydrogens is 320 g/mol. The van der Waals surface area contributed by atoms with Gasteiger partial charge in [-0.05, 0) is 36.8 Å². The van der Waals surface area contributed by atoms with Crippen LogP contribution in [-0.2, 0) is 9.53 Å². The van der Waals surface area contributed by atoms with Crippen LogP contribution >= 0.6 is 0 Å². The zero-order chi connectivity index (χ0) is 17.8. The number of carbonyl (C=O) groups excluding carboxylic acids is 2. The summed E-state index contributed by atoms with van der Waals surface area (Å²) in [6.45, 7) is 2.25. The highest BCUT2D eigenvalue weighted by Crippen LogP contribution is 2.21. The van der Waals surface area contributed by atoms with Gasteiger partial charge in [-0.2, -0.15) is 0 Å². The Balaban J connectivity index is 1.64. The maximum absolute atomic E-state index is 12.2. The number of morpholine rings is 1. The average molecular weight is 340 g/mol. The number of amides is 2. The largest absolute Gasteiger partial charge is 0.386 e. The van der Waals surface area contributed by atoms with Crippen LogP contribution in [0.2, 0.25) is 0 Å². The molecule has 2 atom stereocenters. The third-order valence-corrected chi connectivity index (χ3v) is 4.08. The number of aliphatic hydroxyl groups excluding tert-OH is 1. The summed E-state index contributed by atoms with van der Waals surface area (Å²) in [5.74, 6) is -0.432. The van der Waals surface area contributed by atoms with Crippen LogP contribution in [0.3, 0.4) is 0 Å². The average Bonchev–Trinajstić information content (AvgIpc) is 2.62. The fraction of sp³-hybridized carbons (Fsp3) is 0.263. The Morgan fingerprint density at radius 3 is 2.52 bits per heavy atom. The predicted molar refractivity (Wildman–Crippen MR) is 93.3 cm³/mol. The number of nitrogens with one attached hydrogen (secondary N) is 2. The number of benzene rings is 2. The number of aryl methyl sites for hydroxylation is 1. The predicted octanol–water partition coefficient (Wildman–Crippen LogP) is 1.80. The van der Waals surface area contributed by atoms with E-state index in [2.05, 4.69) is 10.6 Å². The van der Waals surface area contributed by atoms with E-state index in [0.717, 1.165) is 5.56 Å². The van der Waals surface area contributed by atoms with Gasteiger partial charge in [0.05, 0.1) is 12.6 Å². The maximum Gasteiger partial charge on any atom is 0.255 e. The van der Waals surface area contributed by atoms with Crippen molar-refractivity contribution in [3.05, 3.63) is 65.2 Å². The van der Waals surface area contributed by atoms with Gasteiger partial charge in [0, 0.05) is 11.3 Å². The van der Waals surface area contributed by atoms with Crippen molar-refractivity contribution in [1.82, 2.24) is 5.32 Å². The molecule has 1 saturated heterocycles. The van der Waals surface area contributed by atoms with E-state index >= 15 is 0 Å². The van der Waals surface area contributed by atoms with Gasteiger partial charge < -0.3 is 20.5 Å². The lowest BCUT2D eigenvalue weighted by Gasteiger charge is -2.28. The summed E-state index contributed by atoms with van der Waals surface area (Å²) in [5, 5.41) is 15.9. The summed E-state index contributed by atoms with van der Waals surface area (Å²) in [5.41, 5.74) is 2.94. The second-order valence-corrected chi connectivity index (χ2v) is 6.08. The fourth-order valence-electron chi connectivity index (χ4n) is 2.64. The lowest BCUT2D eigenvalue weighted by atomic mass is 10.0. The molecule has 130 valence electrons. The third-order valence-electron chi connectivity index (χ3n) is 4.08. The van der Waals surface area contributed by atoms with E-state index in [1.807, 2.05) is 19.1 Å². The smallest absolute Gasteiger partial charge is 0.255 e. The summed E-state index contributed by atoms with van der Waals surface area (Å²) in [7, 11) is 0. The number of rotatable bonds is 4. The van der Waals surface area contributed by atoms with Crippen molar-refractivity contribution in [2.75, 3.05) is 18.5 Å². The van der Waals surface area contributed by atoms with Gasteiger partial charge in [-0.25, -0.2) is 0 Å². The molecule has 0 bridgehead atoms. The van der Waals surface area contributed by atoms with E-state index in [4.69, 9.17) is 4.74 Å². The first kappa shape index (κ1) is 17.1. The number of carbonyl (C=O) groups is 2. The molecule has 3 rings (SSSR count). The number of hydrogen-bond acceptors (Lipinski definition) is 4. The maximum atomic E-state index is 12.2. The molecule has 2 aromatic carbocycles. The normalized spacial score (nSPS) is 18.3. The van der Waals surface area contributed by atoms with Crippen molar-refractivity contribution in [2.45, 2.75) is 19.1 Å². The molecule has 0 spiro atoms. The van der Waals surface area contributed by atoms with Crippen LogP contribution < -0.4 is 10.6 Å². The summed E-state index contributed by atoms with van der Waals surface area (Å²) < 4.78 is 5.14. The summed E-state index contributed by atoms with van der Waals surface area (Å²) >= 11 is 0. The number of aliphatic hydroxyl groups is 1. The Hall–Kier alpha value is -2.70. The highest BCUT2D eigenvalue weighted by Gasteiger charge is 2.26. The van der Waals surface area contributed by atoms with Crippen LogP contribution in [0.25, 0.3) is 0 Å². The summed E-state index contributed by atoms with van der Waals surface area (Å²) in [6.07, 6.45) is -0.869.